The van der Waals surface area contributed by atoms with Gasteiger partial charge in [0.05, 0.1) is 11.8 Å². The molecule has 1 aliphatic rings. The number of hydrogen-bond donors (Lipinski definition) is 0. The van der Waals surface area contributed by atoms with E-state index < -0.39 is 0 Å². The molecule has 0 N–H and O–H groups in total. The molecule has 0 saturated carbocycles. The molecule has 3 rings (SSSR count). The summed E-state index contributed by atoms with van der Waals surface area (Å²) < 4.78 is 20.8. The first kappa shape index (κ1) is 18.0. The maximum absolute atomic E-state index is 13.2. The Morgan fingerprint density at radius 2 is 2.04 bits per heavy atom. The molecule has 0 unspecified atom stereocenters. The van der Waals surface area contributed by atoms with E-state index >= 15 is 0 Å². The quantitative estimate of drug-likeness (QED) is 0.737. The minimum Gasteiger partial charge on any atom is -0.378 e. The first-order valence-electron chi connectivity index (χ1n) is 9.09. The number of halogens is 1. The van der Waals surface area contributed by atoms with Gasteiger partial charge in [-0.3, -0.25) is 0 Å². The van der Waals surface area contributed by atoms with Crippen LogP contribution in [0.3, 0.4) is 0 Å². The molecule has 0 aliphatic carbocycles. The summed E-state index contributed by atoms with van der Waals surface area (Å²) in [6.45, 7) is 1.88. The van der Waals surface area contributed by atoms with Crippen molar-refractivity contribution in [1.29, 1.82) is 0 Å². The standard InChI is InChI=1S/C19H27FN4O/c1-23(2)13-3-6-18-21-19(12-11-17-5-4-14-25-17)24(22-18)16-9-7-15(20)8-10-16/h7-10,17H,3-6,11-14H2,1-2H3/t17-/m1/s1. The van der Waals surface area contributed by atoms with Crippen molar-refractivity contribution in [3.05, 3.63) is 41.7 Å². The van der Waals surface area contributed by atoms with Crippen LogP contribution in [0.1, 0.15) is 37.3 Å². The Labute approximate surface area is 148 Å². The molecule has 0 radical (unpaired) electrons. The monoisotopic (exact) mass is 346 g/mol. The van der Waals surface area contributed by atoms with Crippen molar-refractivity contribution in [3.63, 3.8) is 0 Å². The van der Waals surface area contributed by atoms with Crippen molar-refractivity contribution in [3.8, 4) is 5.69 Å². The molecule has 6 heteroatoms. The summed E-state index contributed by atoms with van der Waals surface area (Å²) in [6, 6.07) is 6.44. The van der Waals surface area contributed by atoms with Crippen LogP contribution in [0.2, 0.25) is 0 Å². The Morgan fingerprint density at radius 3 is 2.72 bits per heavy atom. The van der Waals surface area contributed by atoms with E-state index in [1.807, 2.05) is 4.68 Å². The van der Waals surface area contributed by atoms with E-state index in [-0.39, 0.29) is 5.82 Å². The van der Waals surface area contributed by atoms with Crippen molar-refractivity contribution in [1.82, 2.24) is 19.7 Å². The summed E-state index contributed by atoms with van der Waals surface area (Å²) in [5.41, 5.74) is 0.857. The second-order valence-corrected chi connectivity index (χ2v) is 6.91. The van der Waals surface area contributed by atoms with Crippen LogP contribution in [0, 0.1) is 5.82 Å². The SMILES string of the molecule is CN(C)CCCc1nc(CC[C@H]2CCCO2)n(-c2ccc(F)cc2)n1. The van der Waals surface area contributed by atoms with E-state index in [1.165, 1.54) is 12.1 Å². The van der Waals surface area contributed by atoms with Gasteiger partial charge in [-0.05, 0) is 70.6 Å². The highest BCUT2D eigenvalue weighted by atomic mass is 19.1. The van der Waals surface area contributed by atoms with Gasteiger partial charge in [0.1, 0.15) is 11.6 Å². The Bertz CT molecular complexity index is 663. The molecule has 1 saturated heterocycles. The topological polar surface area (TPSA) is 43.2 Å². The summed E-state index contributed by atoms with van der Waals surface area (Å²) in [5, 5.41) is 4.68. The fourth-order valence-electron chi connectivity index (χ4n) is 3.16. The third-order valence-corrected chi connectivity index (χ3v) is 4.51. The fraction of sp³-hybridized carbons (Fsp3) is 0.579. The smallest absolute Gasteiger partial charge is 0.151 e. The highest BCUT2D eigenvalue weighted by Gasteiger charge is 2.18. The van der Waals surface area contributed by atoms with E-state index in [2.05, 4.69) is 24.1 Å². The molecule has 2 heterocycles. The Kier molecular flexibility index (Phi) is 6.15. The zero-order valence-electron chi connectivity index (χ0n) is 15.1. The summed E-state index contributed by atoms with van der Waals surface area (Å²) in [5.74, 6) is 1.55. The fourth-order valence-corrected chi connectivity index (χ4v) is 3.16. The average Bonchev–Trinajstić information content (AvgIpc) is 3.23. The Morgan fingerprint density at radius 1 is 1.24 bits per heavy atom. The second kappa shape index (κ2) is 8.54. The summed E-state index contributed by atoms with van der Waals surface area (Å²) in [4.78, 5) is 6.91. The predicted octanol–water partition coefficient (Wildman–Crippen LogP) is 3.01. The molecule has 0 bridgehead atoms. The highest BCUT2D eigenvalue weighted by Crippen LogP contribution is 2.19. The Hall–Kier alpha value is -1.79. The number of benzene rings is 1. The van der Waals surface area contributed by atoms with Gasteiger partial charge in [0.25, 0.3) is 0 Å². The van der Waals surface area contributed by atoms with Crippen LogP contribution < -0.4 is 0 Å². The number of aromatic nitrogens is 3. The normalized spacial score (nSPS) is 17.5. The zero-order valence-corrected chi connectivity index (χ0v) is 15.1. The van der Waals surface area contributed by atoms with E-state index in [1.54, 1.807) is 12.1 Å². The molecule has 1 aliphatic heterocycles. The third kappa shape index (κ3) is 5.09. The summed E-state index contributed by atoms with van der Waals surface area (Å²) in [6.07, 6.45) is 6.24. The van der Waals surface area contributed by atoms with Crippen LogP contribution in [-0.2, 0) is 17.6 Å². The molecule has 0 amide bonds. The molecule has 1 aromatic heterocycles. The minimum absolute atomic E-state index is 0.240. The predicted molar refractivity (Wildman–Crippen MR) is 95.5 cm³/mol. The molecule has 1 fully saturated rings. The third-order valence-electron chi connectivity index (χ3n) is 4.51. The molecule has 0 spiro atoms. The molecule has 25 heavy (non-hydrogen) atoms. The molecule has 2 aromatic rings. The van der Waals surface area contributed by atoms with Crippen LogP contribution in [0.15, 0.2) is 24.3 Å². The number of ether oxygens (including phenoxy) is 1. The van der Waals surface area contributed by atoms with Crippen molar-refractivity contribution in [2.24, 2.45) is 0 Å². The summed E-state index contributed by atoms with van der Waals surface area (Å²) >= 11 is 0. The maximum Gasteiger partial charge on any atom is 0.151 e. The highest BCUT2D eigenvalue weighted by molar-refractivity contribution is 5.32. The van der Waals surface area contributed by atoms with E-state index in [9.17, 15) is 4.39 Å². The lowest BCUT2D eigenvalue weighted by Gasteiger charge is -2.09. The second-order valence-electron chi connectivity index (χ2n) is 6.91. The number of aryl methyl sites for hydroxylation is 2. The zero-order chi connectivity index (χ0) is 17.6. The lowest BCUT2D eigenvalue weighted by atomic mass is 10.1. The van der Waals surface area contributed by atoms with Crippen LogP contribution in [0.5, 0.6) is 0 Å². The van der Waals surface area contributed by atoms with E-state index in [4.69, 9.17) is 9.72 Å². The van der Waals surface area contributed by atoms with Gasteiger partial charge in [-0.15, -0.1) is 0 Å². The van der Waals surface area contributed by atoms with E-state index in [0.717, 1.165) is 69.0 Å². The van der Waals surface area contributed by atoms with Gasteiger partial charge in [-0.25, -0.2) is 14.1 Å². The van der Waals surface area contributed by atoms with Crippen molar-refractivity contribution in [2.45, 2.75) is 44.6 Å². The first-order chi connectivity index (χ1) is 12.1. The molecule has 5 nitrogen and oxygen atoms in total. The first-order valence-corrected chi connectivity index (χ1v) is 9.09. The van der Waals surface area contributed by atoms with Crippen molar-refractivity contribution >= 4 is 0 Å². The van der Waals surface area contributed by atoms with Gasteiger partial charge in [0.2, 0.25) is 0 Å². The summed E-state index contributed by atoms with van der Waals surface area (Å²) in [7, 11) is 4.13. The molecule has 1 atom stereocenters. The van der Waals surface area contributed by atoms with Crippen LogP contribution >= 0.6 is 0 Å². The van der Waals surface area contributed by atoms with Crippen LogP contribution in [-0.4, -0.2) is 53.0 Å². The molecule has 136 valence electrons. The largest absolute Gasteiger partial charge is 0.378 e. The van der Waals surface area contributed by atoms with E-state index in [0.29, 0.717) is 6.10 Å². The molecular weight excluding hydrogens is 319 g/mol. The van der Waals surface area contributed by atoms with Gasteiger partial charge in [0.15, 0.2) is 5.82 Å². The van der Waals surface area contributed by atoms with Gasteiger partial charge >= 0.3 is 0 Å². The van der Waals surface area contributed by atoms with Gasteiger partial charge < -0.3 is 9.64 Å². The number of nitrogens with zero attached hydrogens (tertiary/aromatic N) is 4. The lowest BCUT2D eigenvalue weighted by Crippen LogP contribution is -2.13. The van der Waals surface area contributed by atoms with Crippen molar-refractivity contribution < 1.29 is 9.13 Å². The van der Waals surface area contributed by atoms with Gasteiger partial charge in [-0.1, -0.05) is 0 Å². The van der Waals surface area contributed by atoms with Crippen LogP contribution in [0.25, 0.3) is 5.69 Å². The van der Waals surface area contributed by atoms with Crippen molar-refractivity contribution in [2.75, 3.05) is 27.2 Å². The Balaban J connectivity index is 1.74. The van der Waals surface area contributed by atoms with Gasteiger partial charge in [0, 0.05) is 19.4 Å². The molecule has 1 aromatic carbocycles. The van der Waals surface area contributed by atoms with Gasteiger partial charge in [-0.2, -0.15) is 5.10 Å². The maximum atomic E-state index is 13.2. The minimum atomic E-state index is -0.240. The average molecular weight is 346 g/mol. The van der Waals surface area contributed by atoms with Crippen LogP contribution in [0.4, 0.5) is 4.39 Å². The number of hydrogen-bond acceptors (Lipinski definition) is 4. The lowest BCUT2D eigenvalue weighted by molar-refractivity contribution is 0.104. The number of rotatable bonds is 8. The molecular formula is C19H27FN4O.